The van der Waals surface area contributed by atoms with Crippen molar-refractivity contribution >= 4 is 5.97 Å². The average molecular weight is 254 g/mol. The van der Waals surface area contributed by atoms with Crippen molar-refractivity contribution in [3.8, 4) is 11.5 Å². The summed E-state index contributed by atoms with van der Waals surface area (Å²) in [7, 11) is 0. The first-order valence-corrected chi connectivity index (χ1v) is 6.16. The van der Waals surface area contributed by atoms with E-state index in [0.717, 1.165) is 12.8 Å². The summed E-state index contributed by atoms with van der Waals surface area (Å²) in [5, 5.41) is 9.08. The summed E-state index contributed by atoms with van der Waals surface area (Å²) in [6.45, 7) is 3.26. The predicted molar refractivity (Wildman–Crippen MR) is 67.4 cm³/mol. The number of hydrogen-bond donors (Lipinski definition) is 1. The second-order valence-corrected chi connectivity index (χ2v) is 4.54. The van der Waals surface area contributed by atoms with Gasteiger partial charge in [0.15, 0.2) is 0 Å². The van der Waals surface area contributed by atoms with Crippen LogP contribution in [0.5, 0.6) is 11.5 Å². The van der Waals surface area contributed by atoms with Crippen LogP contribution < -0.4 is 4.74 Å². The highest BCUT2D eigenvalue weighted by Crippen LogP contribution is 2.24. The van der Waals surface area contributed by atoms with Gasteiger partial charge in [-0.15, -0.1) is 0 Å². The normalized spacial score (nSPS) is 13.9. The molecule has 0 saturated carbocycles. The minimum atomic E-state index is -1.97. The average Bonchev–Trinajstić information content (AvgIpc) is 2.32. The molecule has 3 nitrogen and oxygen atoms in total. The Bertz CT molecular complexity index is 385. The number of rotatable bonds is 6. The highest BCUT2D eigenvalue weighted by Gasteiger charge is 2.34. The van der Waals surface area contributed by atoms with Gasteiger partial charge in [0.25, 0.3) is 0 Å². The second kappa shape index (κ2) is 6.38. The molecule has 0 aromatic heterocycles. The Hall–Kier alpha value is -1.58. The summed E-state index contributed by atoms with van der Waals surface area (Å²) < 4.78 is 19.0. The molecule has 0 amide bonds. The molecule has 1 unspecified atom stereocenters. The lowest BCUT2D eigenvalue weighted by Gasteiger charge is -2.18. The van der Waals surface area contributed by atoms with Crippen LogP contribution in [0.1, 0.15) is 39.5 Å². The molecule has 1 aromatic rings. The fourth-order valence-electron chi connectivity index (χ4n) is 1.54. The number of hydrogen-bond acceptors (Lipinski definition) is 3. The quantitative estimate of drug-likeness (QED) is 0.479. The lowest BCUT2D eigenvalue weighted by atomic mass is 10.0. The van der Waals surface area contributed by atoms with Gasteiger partial charge in [0.05, 0.1) is 0 Å². The van der Waals surface area contributed by atoms with Gasteiger partial charge in [-0.25, -0.2) is 9.18 Å². The lowest BCUT2D eigenvalue weighted by Crippen LogP contribution is -2.34. The molecule has 0 bridgehead atoms. The number of halogens is 1. The molecule has 1 aromatic carbocycles. The molecule has 0 aliphatic carbocycles. The van der Waals surface area contributed by atoms with E-state index >= 15 is 0 Å². The zero-order chi connectivity index (χ0) is 13.6. The Kier molecular flexibility index (Phi) is 5.13. The summed E-state index contributed by atoms with van der Waals surface area (Å²) in [6.07, 6.45) is 2.70. The fraction of sp³-hybridized carbons (Fsp3) is 0.500. The lowest BCUT2D eigenvalue weighted by molar-refractivity contribution is -0.147. The van der Waals surface area contributed by atoms with Gasteiger partial charge < -0.3 is 9.84 Å². The maximum atomic E-state index is 14.0. The Morgan fingerprint density at radius 2 is 1.94 bits per heavy atom. The van der Waals surface area contributed by atoms with Crippen molar-refractivity contribution in [3.05, 3.63) is 24.3 Å². The molecule has 0 saturated heterocycles. The first kappa shape index (κ1) is 14.5. The molecule has 0 radical (unpaired) electrons. The van der Waals surface area contributed by atoms with Crippen molar-refractivity contribution in [3.63, 3.8) is 0 Å². The van der Waals surface area contributed by atoms with Crippen LogP contribution in [0, 0.1) is 0 Å². The van der Waals surface area contributed by atoms with Crippen LogP contribution in [0.25, 0.3) is 0 Å². The SMILES string of the molecule is CCCCCC(C)(F)C(=O)Oc1ccc(O)cc1. The van der Waals surface area contributed by atoms with Crippen LogP contribution in [-0.2, 0) is 4.79 Å². The Labute approximate surface area is 107 Å². The molecule has 0 aliphatic heterocycles. The third kappa shape index (κ3) is 4.35. The zero-order valence-electron chi connectivity index (χ0n) is 10.8. The van der Waals surface area contributed by atoms with Crippen molar-refractivity contribution in [1.29, 1.82) is 0 Å². The van der Waals surface area contributed by atoms with Crippen LogP contribution in [0.3, 0.4) is 0 Å². The maximum Gasteiger partial charge on any atom is 0.348 e. The number of aromatic hydroxyl groups is 1. The van der Waals surface area contributed by atoms with Crippen LogP contribution in [0.2, 0.25) is 0 Å². The van der Waals surface area contributed by atoms with E-state index in [1.807, 2.05) is 6.92 Å². The largest absolute Gasteiger partial charge is 0.508 e. The molecular formula is C14H19FO3. The number of ether oxygens (including phenoxy) is 1. The van der Waals surface area contributed by atoms with Gasteiger partial charge in [-0.1, -0.05) is 19.8 Å². The number of phenols is 1. The summed E-state index contributed by atoms with van der Waals surface area (Å²) in [4.78, 5) is 11.7. The number of esters is 1. The number of alkyl halides is 1. The molecule has 1 N–H and O–H groups in total. The van der Waals surface area contributed by atoms with Crippen molar-refractivity contribution in [1.82, 2.24) is 0 Å². The van der Waals surface area contributed by atoms with Crippen LogP contribution in [-0.4, -0.2) is 16.7 Å². The smallest absolute Gasteiger partial charge is 0.348 e. The van der Waals surface area contributed by atoms with Gasteiger partial charge in [-0.3, -0.25) is 0 Å². The van der Waals surface area contributed by atoms with Crippen LogP contribution >= 0.6 is 0 Å². The molecule has 0 fully saturated rings. The number of phenolic OH excluding ortho intramolecular Hbond substituents is 1. The molecule has 0 aliphatic rings. The molecule has 4 heteroatoms. The van der Waals surface area contributed by atoms with Gasteiger partial charge in [-0.2, -0.15) is 0 Å². The molecule has 1 atom stereocenters. The zero-order valence-corrected chi connectivity index (χ0v) is 10.8. The van der Waals surface area contributed by atoms with Crippen LogP contribution in [0.4, 0.5) is 4.39 Å². The second-order valence-electron chi connectivity index (χ2n) is 4.54. The maximum absolute atomic E-state index is 14.0. The summed E-state index contributed by atoms with van der Waals surface area (Å²) in [5.41, 5.74) is -1.97. The monoisotopic (exact) mass is 254 g/mol. The minimum Gasteiger partial charge on any atom is -0.508 e. The third-order valence-corrected chi connectivity index (χ3v) is 2.72. The number of carbonyl (C=O) groups is 1. The number of unbranched alkanes of at least 4 members (excludes halogenated alkanes) is 2. The third-order valence-electron chi connectivity index (χ3n) is 2.72. The highest BCUT2D eigenvalue weighted by molar-refractivity contribution is 5.81. The predicted octanol–water partition coefficient (Wildman–Crippen LogP) is 3.61. The van der Waals surface area contributed by atoms with Crippen molar-refractivity contribution < 1.29 is 19.0 Å². The topological polar surface area (TPSA) is 46.5 Å². The molecule has 100 valence electrons. The van der Waals surface area contributed by atoms with Crippen molar-refractivity contribution in [2.75, 3.05) is 0 Å². The molecule has 0 heterocycles. The summed E-state index contributed by atoms with van der Waals surface area (Å²) >= 11 is 0. The van der Waals surface area contributed by atoms with E-state index in [1.165, 1.54) is 31.2 Å². The van der Waals surface area contributed by atoms with E-state index in [9.17, 15) is 9.18 Å². The number of carbonyl (C=O) groups excluding carboxylic acids is 1. The van der Waals surface area contributed by atoms with E-state index in [0.29, 0.717) is 6.42 Å². The minimum absolute atomic E-state index is 0.0701. The van der Waals surface area contributed by atoms with E-state index in [-0.39, 0.29) is 17.9 Å². The summed E-state index contributed by atoms with van der Waals surface area (Å²) in [5.74, 6) is -0.581. The van der Waals surface area contributed by atoms with Gasteiger partial charge in [0.1, 0.15) is 11.5 Å². The summed E-state index contributed by atoms with van der Waals surface area (Å²) in [6, 6.07) is 5.62. The van der Waals surface area contributed by atoms with Gasteiger partial charge in [0.2, 0.25) is 5.67 Å². The van der Waals surface area contributed by atoms with Crippen molar-refractivity contribution in [2.45, 2.75) is 45.2 Å². The van der Waals surface area contributed by atoms with Gasteiger partial charge in [-0.05, 0) is 44.0 Å². The molecule has 0 spiro atoms. The molecule has 18 heavy (non-hydrogen) atoms. The molecule has 1 rings (SSSR count). The van der Waals surface area contributed by atoms with Crippen LogP contribution in [0.15, 0.2) is 24.3 Å². The van der Waals surface area contributed by atoms with E-state index in [2.05, 4.69) is 0 Å². The van der Waals surface area contributed by atoms with Gasteiger partial charge >= 0.3 is 5.97 Å². The van der Waals surface area contributed by atoms with Gasteiger partial charge in [0, 0.05) is 0 Å². The first-order valence-electron chi connectivity index (χ1n) is 6.16. The molecular weight excluding hydrogens is 235 g/mol. The van der Waals surface area contributed by atoms with Crippen molar-refractivity contribution in [2.24, 2.45) is 0 Å². The van der Waals surface area contributed by atoms with E-state index < -0.39 is 11.6 Å². The standard InChI is InChI=1S/C14H19FO3/c1-3-4-5-10-14(2,15)13(17)18-12-8-6-11(16)7-9-12/h6-9,16H,3-5,10H2,1-2H3. The first-order chi connectivity index (χ1) is 8.45. The Balaban J connectivity index is 2.55. The highest BCUT2D eigenvalue weighted by atomic mass is 19.1. The Morgan fingerprint density at radius 1 is 1.33 bits per heavy atom. The fourth-order valence-corrected chi connectivity index (χ4v) is 1.54. The van der Waals surface area contributed by atoms with E-state index in [1.54, 1.807) is 0 Å². The Morgan fingerprint density at radius 3 is 2.50 bits per heavy atom. The number of benzene rings is 1. The van der Waals surface area contributed by atoms with E-state index in [4.69, 9.17) is 9.84 Å².